The number of ether oxygens (including phenoxy) is 3. The number of hydrazone groups is 1. The van der Waals surface area contributed by atoms with E-state index in [0.29, 0.717) is 23.7 Å². The molecule has 36 heavy (non-hydrogen) atoms. The van der Waals surface area contributed by atoms with Crippen molar-refractivity contribution in [1.82, 2.24) is 5.43 Å². The van der Waals surface area contributed by atoms with Crippen molar-refractivity contribution >= 4 is 27.8 Å². The van der Waals surface area contributed by atoms with E-state index in [4.69, 9.17) is 14.2 Å². The predicted octanol–water partition coefficient (Wildman–Crippen LogP) is 3.15. The topological polar surface area (TPSA) is 127 Å². The maximum Gasteiger partial charge on any atom is 0.264 e. The summed E-state index contributed by atoms with van der Waals surface area (Å²) in [5.74, 6) is 0.298. The van der Waals surface area contributed by atoms with Crippen molar-refractivity contribution in [3.05, 3.63) is 72.3 Å². The summed E-state index contributed by atoms with van der Waals surface area (Å²) >= 11 is 0. The van der Waals surface area contributed by atoms with Crippen molar-refractivity contribution in [2.75, 3.05) is 31.7 Å². The lowest BCUT2D eigenvalue weighted by Gasteiger charge is -2.24. The molecule has 0 aliphatic rings. The van der Waals surface area contributed by atoms with Crippen molar-refractivity contribution < 1.29 is 32.5 Å². The van der Waals surface area contributed by atoms with Crippen LogP contribution in [0.3, 0.4) is 0 Å². The lowest BCUT2D eigenvalue weighted by Crippen LogP contribution is -2.39. The number of rotatable bonds is 11. The molecule has 10 nitrogen and oxygen atoms in total. The fourth-order valence-corrected chi connectivity index (χ4v) is 4.68. The second-order valence-corrected chi connectivity index (χ2v) is 9.18. The SMILES string of the molecule is CCOc1cc(/C=N\NC(=O)CN(c2ccc(OC)c(OC)c2)S(=O)(=O)c2ccccc2)ccc1O. The van der Waals surface area contributed by atoms with Gasteiger partial charge in [0, 0.05) is 6.07 Å². The lowest BCUT2D eigenvalue weighted by atomic mass is 10.2. The number of hydrogen-bond acceptors (Lipinski definition) is 8. The van der Waals surface area contributed by atoms with Gasteiger partial charge in [0.2, 0.25) is 0 Å². The highest BCUT2D eigenvalue weighted by atomic mass is 32.2. The Balaban J connectivity index is 1.86. The number of methoxy groups -OCH3 is 2. The zero-order chi connectivity index (χ0) is 26.1. The maximum atomic E-state index is 13.4. The van der Waals surface area contributed by atoms with Crippen molar-refractivity contribution in [1.29, 1.82) is 0 Å². The molecule has 11 heteroatoms. The average molecular weight is 514 g/mol. The van der Waals surface area contributed by atoms with Gasteiger partial charge < -0.3 is 19.3 Å². The number of phenolic OH excluding ortho intramolecular Hbond substituents is 1. The number of aromatic hydroxyl groups is 1. The average Bonchev–Trinajstić information content (AvgIpc) is 2.89. The summed E-state index contributed by atoms with van der Waals surface area (Å²) < 4.78 is 43.7. The van der Waals surface area contributed by atoms with Gasteiger partial charge in [0.15, 0.2) is 23.0 Å². The minimum absolute atomic E-state index is 0.0173. The first-order valence-corrected chi connectivity index (χ1v) is 12.3. The maximum absolute atomic E-state index is 13.4. The normalized spacial score (nSPS) is 11.2. The molecule has 0 atom stereocenters. The van der Waals surface area contributed by atoms with Gasteiger partial charge >= 0.3 is 0 Å². The number of carbonyl (C=O) groups is 1. The number of phenols is 1. The number of nitrogens with one attached hydrogen (secondary N) is 1. The number of benzene rings is 3. The van der Waals surface area contributed by atoms with Gasteiger partial charge in [-0.1, -0.05) is 18.2 Å². The molecular formula is C25H27N3O7S. The van der Waals surface area contributed by atoms with Crippen LogP contribution in [0.25, 0.3) is 0 Å². The standard InChI is InChI=1S/C25H27N3O7S/c1-4-35-23-14-18(10-12-21(23)29)16-26-27-25(30)17-28(36(31,32)20-8-6-5-7-9-20)19-11-13-22(33-2)24(15-19)34-3/h5-16,29H,4,17H2,1-3H3,(H,27,30)/b26-16-. The molecule has 0 heterocycles. The van der Waals surface area contributed by atoms with Gasteiger partial charge in [-0.05, 0) is 55.0 Å². The van der Waals surface area contributed by atoms with E-state index >= 15 is 0 Å². The van der Waals surface area contributed by atoms with E-state index in [-0.39, 0.29) is 22.1 Å². The summed E-state index contributed by atoms with van der Waals surface area (Å²) in [6, 6.07) is 16.9. The van der Waals surface area contributed by atoms with Crippen LogP contribution in [0, 0.1) is 0 Å². The van der Waals surface area contributed by atoms with Gasteiger partial charge in [0.25, 0.3) is 15.9 Å². The van der Waals surface area contributed by atoms with E-state index in [9.17, 15) is 18.3 Å². The third kappa shape index (κ3) is 6.25. The Hall–Kier alpha value is -4.25. The van der Waals surface area contributed by atoms with E-state index in [2.05, 4.69) is 10.5 Å². The first-order valence-electron chi connectivity index (χ1n) is 10.9. The van der Waals surface area contributed by atoms with Crippen LogP contribution >= 0.6 is 0 Å². The molecule has 0 spiro atoms. The highest BCUT2D eigenvalue weighted by molar-refractivity contribution is 7.92. The fraction of sp³-hybridized carbons (Fsp3) is 0.200. The van der Waals surface area contributed by atoms with E-state index in [1.54, 1.807) is 43.3 Å². The highest BCUT2D eigenvalue weighted by Gasteiger charge is 2.28. The number of carbonyl (C=O) groups excluding carboxylic acids is 1. The number of nitrogens with zero attached hydrogens (tertiary/aromatic N) is 2. The van der Waals surface area contributed by atoms with Crippen LogP contribution in [0.4, 0.5) is 5.69 Å². The minimum atomic E-state index is -4.11. The summed E-state index contributed by atoms with van der Waals surface area (Å²) in [7, 11) is -1.21. The van der Waals surface area contributed by atoms with Gasteiger partial charge in [-0.2, -0.15) is 5.10 Å². The Morgan fingerprint density at radius 1 is 1.00 bits per heavy atom. The molecule has 3 aromatic rings. The summed E-state index contributed by atoms with van der Waals surface area (Å²) in [4.78, 5) is 12.8. The first-order chi connectivity index (χ1) is 17.3. The van der Waals surface area contributed by atoms with Crippen molar-refractivity contribution in [3.63, 3.8) is 0 Å². The van der Waals surface area contributed by atoms with Crippen LogP contribution in [0.15, 0.2) is 76.7 Å². The molecule has 1 amide bonds. The van der Waals surface area contributed by atoms with Crippen LogP contribution in [-0.2, 0) is 14.8 Å². The molecule has 2 N–H and O–H groups in total. The zero-order valence-corrected chi connectivity index (χ0v) is 20.9. The van der Waals surface area contributed by atoms with Gasteiger partial charge in [-0.25, -0.2) is 13.8 Å². The molecule has 0 saturated heterocycles. The molecule has 0 aliphatic carbocycles. The van der Waals surface area contributed by atoms with E-state index < -0.39 is 22.5 Å². The summed E-state index contributed by atoms with van der Waals surface area (Å²) in [5.41, 5.74) is 3.10. The monoisotopic (exact) mass is 513 g/mol. The number of sulfonamides is 1. The third-order valence-corrected chi connectivity index (χ3v) is 6.75. The Bertz CT molecular complexity index is 1330. The smallest absolute Gasteiger partial charge is 0.264 e. The van der Waals surface area contributed by atoms with Gasteiger partial charge in [-0.15, -0.1) is 0 Å². The molecule has 0 unspecified atom stereocenters. The molecule has 0 saturated carbocycles. The summed E-state index contributed by atoms with van der Waals surface area (Å²) in [6.45, 7) is 1.60. The molecule has 3 aromatic carbocycles. The molecule has 0 aliphatic heterocycles. The molecule has 0 bridgehead atoms. The second-order valence-electron chi connectivity index (χ2n) is 7.32. The molecule has 3 rings (SSSR count). The van der Waals surface area contributed by atoms with Crippen molar-refractivity contribution in [3.8, 4) is 23.0 Å². The third-order valence-electron chi connectivity index (χ3n) is 4.96. The van der Waals surface area contributed by atoms with Gasteiger partial charge in [0.1, 0.15) is 6.54 Å². The van der Waals surface area contributed by atoms with E-state index in [0.717, 1.165) is 4.31 Å². The van der Waals surface area contributed by atoms with Crippen LogP contribution < -0.4 is 23.9 Å². The summed E-state index contributed by atoms with van der Waals surface area (Å²) in [6.07, 6.45) is 1.35. The van der Waals surface area contributed by atoms with Crippen LogP contribution in [0.5, 0.6) is 23.0 Å². The van der Waals surface area contributed by atoms with Crippen LogP contribution in [0.2, 0.25) is 0 Å². The number of hydrogen-bond donors (Lipinski definition) is 2. The van der Waals surface area contributed by atoms with E-state index in [1.165, 1.54) is 50.8 Å². The number of amides is 1. The van der Waals surface area contributed by atoms with Crippen LogP contribution in [-0.4, -0.2) is 53.0 Å². The Labute approximate surface area is 209 Å². The number of anilines is 1. The van der Waals surface area contributed by atoms with Crippen molar-refractivity contribution in [2.45, 2.75) is 11.8 Å². The van der Waals surface area contributed by atoms with Crippen molar-refractivity contribution in [2.24, 2.45) is 5.10 Å². The Morgan fingerprint density at radius 2 is 1.72 bits per heavy atom. The predicted molar refractivity (Wildman–Crippen MR) is 136 cm³/mol. The Kier molecular flexibility index (Phi) is 8.74. The molecule has 0 aromatic heterocycles. The minimum Gasteiger partial charge on any atom is -0.504 e. The first kappa shape index (κ1) is 26.4. The van der Waals surface area contributed by atoms with E-state index in [1.807, 2.05) is 0 Å². The lowest BCUT2D eigenvalue weighted by molar-refractivity contribution is -0.119. The largest absolute Gasteiger partial charge is 0.504 e. The fourth-order valence-electron chi connectivity index (χ4n) is 3.24. The summed E-state index contributed by atoms with van der Waals surface area (Å²) in [5, 5.41) is 13.7. The highest BCUT2D eigenvalue weighted by Crippen LogP contribution is 2.33. The zero-order valence-electron chi connectivity index (χ0n) is 20.0. The quantitative estimate of drug-likeness (QED) is 0.298. The van der Waals surface area contributed by atoms with Gasteiger partial charge in [-0.3, -0.25) is 9.10 Å². The molecule has 0 fully saturated rings. The molecular weight excluding hydrogens is 486 g/mol. The molecule has 0 radical (unpaired) electrons. The molecule has 190 valence electrons. The Morgan fingerprint density at radius 3 is 2.39 bits per heavy atom. The van der Waals surface area contributed by atoms with Crippen LogP contribution in [0.1, 0.15) is 12.5 Å². The van der Waals surface area contributed by atoms with Gasteiger partial charge in [0.05, 0.1) is 37.6 Å². The second kappa shape index (κ2) is 11.9.